The van der Waals surface area contributed by atoms with Crippen LogP contribution < -0.4 is 0 Å². The molecule has 5 heteroatoms. The molecule has 0 aliphatic rings. The van der Waals surface area contributed by atoms with Crippen molar-refractivity contribution in [2.75, 3.05) is 0 Å². The van der Waals surface area contributed by atoms with Crippen LogP contribution in [0.3, 0.4) is 0 Å². The minimum absolute atomic E-state index is 0.753. The zero-order valence-electron chi connectivity index (χ0n) is 12.6. The molecule has 2 nitrogen and oxygen atoms in total. The highest BCUT2D eigenvalue weighted by molar-refractivity contribution is 7.18. The number of hydrogen-bond acceptors (Lipinski definition) is 4. The summed E-state index contributed by atoms with van der Waals surface area (Å²) in [6.07, 6.45) is 0. The first kappa shape index (κ1) is 15.4. The number of aromatic nitrogens is 2. The fraction of sp³-hybridized carbons (Fsp3) is 0.176. The molecule has 2 aromatic carbocycles. The lowest BCUT2D eigenvalue weighted by Crippen LogP contribution is -1.71. The second-order valence-corrected chi connectivity index (χ2v) is 7.95. The van der Waals surface area contributed by atoms with Crippen molar-refractivity contribution in [2.45, 2.75) is 20.8 Å². The second-order valence-electron chi connectivity index (χ2n) is 5.05. The van der Waals surface area contributed by atoms with E-state index in [9.17, 15) is 0 Å². The zero-order valence-corrected chi connectivity index (χ0v) is 14.9. The summed E-state index contributed by atoms with van der Waals surface area (Å²) in [6.45, 7) is 6.13. The van der Waals surface area contributed by atoms with Crippen LogP contribution in [-0.2, 0) is 0 Å². The summed E-state index contributed by atoms with van der Waals surface area (Å²) >= 11 is 9.23. The molecule has 2 heterocycles. The molecule has 0 aliphatic heterocycles. The van der Waals surface area contributed by atoms with Gasteiger partial charge in [-0.25, -0.2) is 9.97 Å². The number of benzene rings is 2. The van der Waals surface area contributed by atoms with Crippen LogP contribution in [0.4, 0.5) is 0 Å². The van der Waals surface area contributed by atoms with Crippen molar-refractivity contribution < 1.29 is 0 Å². The summed E-state index contributed by atoms with van der Waals surface area (Å²) in [6, 6.07) is 12.2. The number of fused-ring (bicyclic) bond motifs is 2. The van der Waals surface area contributed by atoms with Crippen molar-refractivity contribution in [1.82, 2.24) is 9.97 Å². The summed E-state index contributed by atoms with van der Waals surface area (Å²) in [5.41, 5.74) is 3.41. The molecule has 0 bridgehead atoms. The maximum Gasteiger partial charge on any atom is 0.0907 e. The van der Waals surface area contributed by atoms with Crippen LogP contribution in [0.5, 0.6) is 0 Å². The molecule has 0 saturated heterocycles. The van der Waals surface area contributed by atoms with Crippen molar-refractivity contribution in [3.05, 3.63) is 57.0 Å². The molecule has 0 fully saturated rings. The maximum absolute atomic E-state index is 5.79. The minimum atomic E-state index is 0.753. The molecule has 4 aromatic rings. The molecule has 0 radical (unpaired) electrons. The van der Waals surface area contributed by atoms with Crippen molar-refractivity contribution in [2.24, 2.45) is 0 Å². The number of rotatable bonds is 0. The smallest absolute Gasteiger partial charge is 0.0907 e. The van der Waals surface area contributed by atoms with Crippen LogP contribution in [0.25, 0.3) is 20.4 Å². The van der Waals surface area contributed by atoms with Gasteiger partial charge in [-0.05, 0) is 56.7 Å². The second kappa shape index (κ2) is 6.32. The van der Waals surface area contributed by atoms with Gasteiger partial charge in [0, 0.05) is 5.02 Å². The van der Waals surface area contributed by atoms with Gasteiger partial charge in [-0.15, -0.1) is 22.7 Å². The van der Waals surface area contributed by atoms with E-state index >= 15 is 0 Å². The number of hydrogen-bond donors (Lipinski definition) is 0. The quantitative estimate of drug-likeness (QED) is 0.380. The Kier molecular flexibility index (Phi) is 4.43. The molecule has 0 N–H and O–H groups in total. The third-order valence-electron chi connectivity index (χ3n) is 3.11. The number of nitrogens with zero attached hydrogens (tertiary/aromatic N) is 2. The summed E-state index contributed by atoms with van der Waals surface area (Å²) in [5, 5.41) is 2.98. The summed E-state index contributed by atoms with van der Waals surface area (Å²) in [4.78, 5) is 8.70. The van der Waals surface area contributed by atoms with E-state index in [0.717, 1.165) is 26.1 Å². The summed E-state index contributed by atoms with van der Waals surface area (Å²) in [7, 11) is 0. The first-order valence-corrected chi connectivity index (χ1v) is 8.89. The molecule has 4 rings (SSSR count). The third kappa shape index (κ3) is 3.46. The Labute approximate surface area is 142 Å². The fourth-order valence-corrected chi connectivity index (χ4v) is 3.95. The Morgan fingerprint density at radius 3 is 1.95 bits per heavy atom. The molecule has 0 saturated carbocycles. The Morgan fingerprint density at radius 1 is 0.773 bits per heavy atom. The lowest BCUT2D eigenvalue weighted by Gasteiger charge is -1.88. The van der Waals surface area contributed by atoms with Crippen molar-refractivity contribution in [3.63, 3.8) is 0 Å². The molecular formula is C17H15ClN2S2. The van der Waals surface area contributed by atoms with E-state index in [1.807, 2.05) is 32.0 Å². The molecule has 2 aromatic heterocycles. The average molecular weight is 347 g/mol. The SMILES string of the molecule is Cc1ccc2sc(C)nc2c1.Cc1nc2cc(Cl)ccc2s1. The Balaban J connectivity index is 0.000000131. The predicted molar refractivity (Wildman–Crippen MR) is 98.5 cm³/mol. The van der Waals surface area contributed by atoms with Crippen molar-refractivity contribution in [1.29, 1.82) is 0 Å². The highest BCUT2D eigenvalue weighted by Crippen LogP contribution is 2.24. The lowest BCUT2D eigenvalue weighted by atomic mass is 10.2. The zero-order chi connectivity index (χ0) is 15.7. The maximum atomic E-state index is 5.79. The third-order valence-corrected chi connectivity index (χ3v) is 5.25. The largest absolute Gasteiger partial charge is 0.242 e. The van der Waals surface area contributed by atoms with Gasteiger partial charge < -0.3 is 0 Å². The molecule has 112 valence electrons. The molecular weight excluding hydrogens is 332 g/mol. The topological polar surface area (TPSA) is 25.8 Å². The first-order chi connectivity index (χ1) is 10.5. The standard InChI is InChI=1S/C9H9NS.C8H6ClNS/c1-6-3-4-9-8(5-6)10-7(2)11-9;1-5-10-7-4-6(9)2-3-8(7)11-5/h3-5H,1-2H3;2-4H,1H3. The van der Waals surface area contributed by atoms with Gasteiger partial charge in [-0.3, -0.25) is 0 Å². The van der Waals surface area contributed by atoms with Gasteiger partial charge in [0.05, 0.1) is 30.4 Å². The van der Waals surface area contributed by atoms with Crippen LogP contribution in [0.1, 0.15) is 15.6 Å². The number of halogens is 1. The van der Waals surface area contributed by atoms with Gasteiger partial charge in [0.2, 0.25) is 0 Å². The van der Waals surface area contributed by atoms with Gasteiger partial charge in [0.1, 0.15) is 0 Å². The van der Waals surface area contributed by atoms with Crippen molar-refractivity contribution in [3.8, 4) is 0 Å². The van der Waals surface area contributed by atoms with Crippen LogP contribution in [0.15, 0.2) is 36.4 Å². The van der Waals surface area contributed by atoms with E-state index in [1.54, 1.807) is 22.7 Å². The molecule has 22 heavy (non-hydrogen) atoms. The Bertz CT molecular complexity index is 862. The fourth-order valence-electron chi connectivity index (χ4n) is 2.17. The van der Waals surface area contributed by atoms with Crippen LogP contribution in [0.2, 0.25) is 5.02 Å². The highest BCUT2D eigenvalue weighted by Gasteiger charge is 1.99. The summed E-state index contributed by atoms with van der Waals surface area (Å²) in [5.74, 6) is 0. The Morgan fingerprint density at radius 2 is 1.32 bits per heavy atom. The van der Waals surface area contributed by atoms with E-state index in [0.29, 0.717) is 0 Å². The van der Waals surface area contributed by atoms with Crippen LogP contribution >= 0.6 is 34.3 Å². The summed E-state index contributed by atoms with van der Waals surface area (Å²) < 4.78 is 2.49. The monoisotopic (exact) mass is 346 g/mol. The van der Waals surface area contributed by atoms with Gasteiger partial charge in [-0.1, -0.05) is 17.7 Å². The average Bonchev–Trinajstić information content (AvgIpc) is 2.99. The molecule has 0 unspecified atom stereocenters. The van der Waals surface area contributed by atoms with Crippen LogP contribution in [-0.4, -0.2) is 9.97 Å². The van der Waals surface area contributed by atoms with E-state index in [1.165, 1.54) is 15.0 Å². The molecule has 0 atom stereocenters. The van der Waals surface area contributed by atoms with Gasteiger partial charge in [0.15, 0.2) is 0 Å². The predicted octanol–water partition coefficient (Wildman–Crippen LogP) is 6.17. The molecule has 0 amide bonds. The molecule has 0 aliphatic carbocycles. The molecule has 0 spiro atoms. The van der Waals surface area contributed by atoms with E-state index in [-0.39, 0.29) is 0 Å². The normalized spacial score (nSPS) is 10.7. The Hall–Kier alpha value is -1.49. The van der Waals surface area contributed by atoms with Crippen LogP contribution in [0, 0.1) is 20.8 Å². The highest BCUT2D eigenvalue weighted by atomic mass is 35.5. The number of aryl methyl sites for hydroxylation is 3. The van der Waals surface area contributed by atoms with Gasteiger partial charge in [0.25, 0.3) is 0 Å². The minimum Gasteiger partial charge on any atom is -0.242 e. The first-order valence-electron chi connectivity index (χ1n) is 6.88. The van der Waals surface area contributed by atoms with Crippen molar-refractivity contribution >= 4 is 54.7 Å². The number of thiazole rings is 2. The van der Waals surface area contributed by atoms with E-state index in [2.05, 4.69) is 35.1 Å². The van der Waals surface area contributed by atoms with Gasteiger partial charge in [-0.2, -0.15) is 0 Å². The van der Waals surface area contributed by atoms with Gasteiger partial charge >= 0.3 is 0 Å². The lowest BCUT2D eigenvalue weighted by molar-refractivity contribution is 1.34. The van der Waals surface area contributed by atoms with E-state index in [4.69, 9.17) is 11.6 Å². The van der Waals surface area contributed by atoms with E-state index < -0.39 is 0 Å².